The minimum absolute atomic E-state index is 0.0887. The third kappa shape index (κ3) is 4.68. The molecular weight excluding hydrogens is 256 g/mol. The molecule has 0 amide bonds. The number of hydrogen-bond acceptors (Lipinski definition) is 6. The summed E-state index contributed by atoms with van der Waals surface area (Å²) < 4.78 is 5.20. The van der Waals surface area contributed by atoms with Crippen molar-refractivity contribution in [3.63, 3.8) is 0 Å². The molecule has 0 bridgehead atoms. The molecule has 112 valence electrons. The molecule has 6 heteroatoms. The molecule has 0 fully saturated rings. The first kappa shape index (κ1) is 16.2. The Morgan fingerprint density at radius 2 is 1.70 bits per heavy atom. The summed E-state index contributed by atoms with van der Waals surface area (Å²) in [6.07, 6.45) is 3.89. The lowest BCUT2D eigenvalue weighted by molar-refractivity contribution is 0.00558. The fourth-order valence-electron chi connectivity index (χ4n) is 1.74. The van der Waals surface area contributed by atoms with Gasteiger partial charge in [-0.2, -0.15) is 0 Å². The predicted octanol–water partition coefficient (Wildman–Crippen LogP) is 2.33. The van der Waals surface area contributed by atoms with Gasteiger partial charge in [-0.3, -0.25) is 0 Å². The van der Waals surface area contributed by atoms with Crippen LogP contribution in [0.15, 0.2) is 0 Å². The number of anilines is 2. The van der Waals surface area contributed by atoms with E-state index in [0.29, 0.717) is 5.56 Å². The van der Waals surface area contributed by atoms with Crippen molar-refractivity contribution in [1.29, 1.82) is 0 Å². The van der Waals surface area contributed by atoms with Crippen molar-refractivity contribution < 1.29 is 9.53 Å². The number of aromatic nitrogens is 2. The first-order valence-corrected chi connectivity index (χ1v) is 6.89. The third-order valence-electron chi connectivity index (χ3n) is 2.68. The van der Waals surface area contributed by atoms with Crippen molar-refractivity contribution in [2.24, 2.45) is 0 Å². The Bertz CT molecular complexity index is 458. The Balaban J connectivity index is 2.90. The second kappa shape index (κ2) is 6.54. The van der Waals surface area contributed by atoms with Crippen molar-refractivity contribution in [3.05, 3.63) is 11.4 Å². The van der Waals surface area contributed by atoms with Gasteiger partial charge in [0.25, 0.3) is 0 Å². The molecule has 6 nitrogen and oxygen atoms in total. The summed E-state index contributed by atoms with van der Waals surface area (Å²) in [5, 5.41) is 0. The number of ether oxygens (including phenoxy) is 1. The van der Waals surface area contributed by atoms with Crippen molar-refractivity contribution in [1.82, 2.24) is 9.97 Å². The largest absolute Gasteiger partial charge is 0.454 e. The molecule has 0 aliphatic carbocycles. The summed E-state index contributed by atoms with van der Waals surface area (Å²) in [5.41, 5.74) is 11.8. The molecule has 1 aromatic heterocycles. The molecular formula is C14H24N4O2. The number of nitrogens with zero attached hydrogens (tertiary/aromatic N) is 2. The highest BCUT2D eigenvalue weighted by atomic mass is 16.6. The Kier molecular flexibility index (Phi) is 5.30. The van der Waals surface area contributed by atoms with Gasteiger partial charge in [-0.05, 0) is 33.6 Å². The molecule has 0 aliphatic heterocycles. The van der Waals surface area contributed by atoms with E-state index < -0.39 is 11.6 Å². The summed E-state index contributed by atoms with van der Waals surface area (Å²) in [5.74, 6) is -0.186. The summed E-state index contributed by atoms with van der Waals surface area (Å²) >= 11 is 0. The van der Waals surface area contributed by atoms with Crippen molar-refractivity contribution >= 4 is 17.6 Å². The fourth-order valence-corrected chi connectivity index (χ4v) is 1.74. The first-order chi connectivity index (χ1) is 9.24. The normalized spacial score (nSPS) is 11.4. The summed E-state index contributed by atoms with van der Waals surface area (Å²) in [4.78, 5) is 19.9. The number of carbonyl (C=O) groups excluding carboxylic acids is 1. The molecule has 1 heterocycles. The van der Waals surface area contributed by atoms with Crippen LogP contribution in [-0.4, -0.2) is 21.5 Å². The second-order valence-corrected chi connectivity index (χ2v) is 5.76. The van der Waals surface area contributed by atoms with E-state index in [2.05, 4.69) is 16.9 Å². The van der Waals surface area contributed by atoms with Crippen LogP contribution in [0.2, 0.25) is 0 Å². The van der Waals surface area contributed by atoms with Crippen LogP contribution in [0.25, 0.3) is 0 Å². The number of hydrogen-bond donors (Lipinski definition) is 2. The minimum atomic E-state index is -0.615. The van der Waals surface area contributed by atoms with Crippen LogP contribution in [0.1, 0.15) is 63.1 Å². The maximum atomic E-state index is 11.9. The SMILES string of the molecule is CCCCCc1c(N)nc(C(=O)OC(C)(C)C)nc1N. The van der Waals surface area contributed by atoms with E-state index in [1.165, 1.54) is 0 Å². The Hall–Kier alpha value is -1.85. The minimum Gasteiger partial charge on any atom is -0.454 e. The van der Waals surface area contributed by atoms with Crippen LogP contribution in [0.3, 0.4) is 0 Å². The summed E-state index contributed by atoms with van der Waals surface area (Å²) in [6.45, 7) is 7.44. The maximum absolute atomic E-state index is 11.9. The van der Waals surface area contributed by atoms with E-state index in [-0.39, 0.29) is 17.5 Å². The van der Waals surface area contributed by atoms with Crippen LogP contribution < -0.4 is 11.5 Å². The van der Waals surface area contributed by atoms with E-state index in [1.807, 2.05) is 0 Å². The maximum Gasteiger partial charge on any atom is 0.377 e. The van der Waals surface area contributed by atoms with Crippen LogP contribution in [0, 0.1) is 0 Å². The van der Waals surface area contributed by atoms with Crippen molar-refractivity contribution in [3.8, 4) is 0 Å². The zero-order valence-corrected chi connectivity index (χ0v) is 12.7. The Morgan fingerprint density at radius 3 is 2.15 bits per heavy atom. The lowest BCUT2D eigenvalue weighted by Gasteiger charge is -2.19. The summed E-state index contributed by atoms with van der Waals surface area (Å²) in [7, 11) is 0. The molecule has 0 radical (unpaired) electrons. The lowest BCUT2D eigenvalue weighted by atomic mass is 10.1. The zero-order chi connectivity index (χ0) is 15.3. The fraction of sp³-hybridized carbons (Fsp3) is 0.643. The van der Waals surface area contributed by atoms with Gasteiger partial charge >= 0.3 is 5.97 Å². The van der Waals surface area contributed by atoms with E-state index in [4.69, 9.17) is 16.2 Å². The standard InChI is InChI=1S/C14H24N4O2/c1-5-6-7-8-9-10(15)17-12(18-11(9)16)13(19)20-14(2,3)4/h5-8H2,1-4H3,(H4,15,16,17,18). The molecule has 0 spiro atoms. The van der Waals surface area contributed by atoms with Crippen LogP contribution in [0.4, 0.5) is 11.6 Å². The molecule has 0 unspecified atom stereocenters. The second-order valence-electron chi connectivity index (χ2n) is 5.76. The number of carbonyl (C=O) groups is 1. The van der Waals surface area contributed by atoms with E-state index in [9.17, 15) is 4.79 Å². The van der Waals surface area contributed by atoms with E-state index >= 15 is 0 Å². The van der Waals surface area contributed by atoms with Crippen molar-refractivity contribution in [2.75, 3.05) is 11.5 Å². The monoisotopic (exact) mass is 280 g/mol. The average Bonchev–Trinajstić information content (AvgIpc) is 2.30. The van der Waals surface area contributed by atoms with Gasteiger partial charge in [0.1, 0.15) is 17.2 Å². The molecule has 0 atom stereocenters. The van der Waals surface area contributed by atoms with Gasteiger partial charge in [0.2, 0.25) is 5.82 Å². The average molecular weight is 280 g/mol. The van der Waals surface area contributed by atoms with Gasteiger partial charge in [0.05, 0.1) is 0 Å². The third-order valence-corrected chi connectivity index (χ3v) is 2.68. The van der Waals surface area contributed by atoms with Gasteiger partial charge in [-0.1, -0.05) is 19.8 Å². The van der Waals surface area contributed by atoms with Gasteiger partial charge in [-0.25, -0.2) is 14.8 Å². The highest BCUT2D eigenvalue weighted by Crippen LogP contribution is 2.20. The van der Waals surface area contributed by atoms with Crippen molar-refractivity contribution in [2.45, 2.75) is 59.0 Å². The van der Waals surface area contributed by atoms with Crippen LogP contribution in [0.5, 0.6) is 0 Å². The molecule has 0 saturated carbocycles. The Labute approximate surface area is 119 Å². The quantitative estimate of drug-likeness (QED) is 0.633. The predicted molar refractivity (Wildman–Crippen MR) is 79.3 cm³/mol. The first-order valence-electron chi connectivity index (χ1n) is 6.89. The van der Waals surface area contributed by atoms with Crippen LogP contribution >= 0.6 is 0 Å². The Morgan fingerprint density at radius 1 is 1.15 bits per heavy atom. The topological polar surface area (TPSA) is 104 Å². The molecule has 0 aliphatic rings. The molecule has 0 saturated heterocycles. The molecule has 1 rings (SSSR count). The molecule has 20 heavy (non-hydrogen) atoms. The number of unbranched alkanes of at least 4 members (excludes halogenated alkanes) is 2. The highest BCUT2D eigenvalue weighted by Gasteiger charge is 2.22. The molecule has 0 aromatic carbocycles. The van der Waals surface area contributed by atoms with Gasteiger partial charge in [0.15, 0.2) is 0 Å². The van der Waals surface area contributed by atoms with Gasteiger partial charge in [-0.15, -0.1) is 0 Å². The van der Waals surface area contributed by atoms with E-state index in [1.54, 1.807) is 20.8 Å². The van der Waals surface area contributed by atoms with Gasteiger partial charge in [0, 0.05) is 5.56 Å². The zero-order valence-electron chi connectivity index (χ0n) is 12.7. The van der Waals surface area contributed by atoms with E-state index in [0.717, 1.165) is 25.7 Å². The highest BCUT2D eigenvalue weighted by molar-refractivity contribution is 5.86. The number of esters is 1. The van der Waals surface area contributed by atoms with Crippen LogP contribution in [-0.2, 0) is 11.2 Å². The number of nitrogens with two attached hydrogens (primary N) is 2. The molecule has 1 aromatic rings. The van der Waals surface area contributed by atoms with Gasteiger partial charge < -0.3 is 16.2 Å². The smallest absolute Gasteiger partial charge is 0.377 e. The lowest BCUT2D eigenvalue weighted by Crippen LogP contribution is -2.26. The number of nitrogen functional groups attached to an aromatic ring is 2. The molecule has 4 N–H and O–H groups in total. The number of rotatable bonds is 5. The summed E-state index contributed by atoms with van der Waals surface area (Å²) in [6, 6.07) is 0.